The van der Waals surface area contributed by atoms with Crippen LogP contribution in [0.5, 0.6) is 0 Å². The van der Waals surface area contributed by atoms with Gasteiger partial charge in [0, 0.05) is 20.2 Å². The third kappa shape index (κ3) is 2.53. The van der Waals surface area contributed by atoms with Gasteiger partial charge in [-0.1, -0.05) is 32.1 Å². The molecule has 116 valence electrons. The van der Waals surface area contributed by atoms with E-state index in [0.29, 0.717) is 6.10 Å². The number of rotatable bonds is 3. The summed E-state index contributed by atoms with van der Waals surface area (Å²) in [6.07, 6.45) is 12.6. The Bertz CT molecular complexity index is 322. The van der Waals surface area contributed by atoms with Gasteiger partial charge in [0.25, 0.3) is 0 Å². The molecule has 3 aliphatic rings. The van der Waals surface area contributed by atoms with E-state index in [1.54, 1.807) is 0 Å². The predicted octanol–water partition coefficient (Wildman–Crippen LogP) is 2.79. The summed E-state index contributed by atoms with van der Waals surface area (Å²) in [6.45, 7) is 3.29. The van der Waals surface area contributed by atoms with Crippen LogP contribution in [0.3, 0.4) is 0 Å². The van der Waals surface area contributed by atoms with Gasteiger partial charge in [-0.25, -0.2) is 0 Å². The van der Waals surface area contributed by atoms with Gasteiger partial charge in [0.2, 0.25) is 0 Å². The van der Waals surface area contributed by atoms with E-state index < -0.39 is 0 Å². The summed E-state index contributed by atoms with van der Waals surface area (Å²) in [7, 11) is 1.88. The Kier molecular flexibility index (Phi) is 4.68. The lowest BCUT2D eigenvalue weighted by Gasteiger charge is -2.54. The van der Waals surface area contributed by atoms with Gasteiger partial charge >= 0.3 is 0 Å². The average Bonchev–Trinajstić information content (AvgIpc) is 2.54. The van der Waals surface area contributed by atoms with Gasteiger partial charge in [0.1, 0.15) is 0 Å². The quantitative estimate of drug-likeness (QED) is 0.864. The van der Waals surface area contributed by atoms with Gasteiger partial charge in [0.05, 0.1) is 11.6 Å². The van der Waals surface area contributed by atoms with Crippen LogP contribution in [0.2, 0.25) is 0 Å². The number of fused-ring (bicyclic) bond motifs is 1. The minimum Gasteiger partial charge on any atom is -0.379 e. The van der Waals surface area contributed by atoms with E-state index in [0.717, 1.165) is 18.4 Å². The van der Waals surface area contributed by atoms with Crippen LogP contribution in [0.4, 0.5) is 0 Å². The zero-order valence-corrected chi connectivity index (χ0v) is 13.2. The van der Waals surface area contributed by atoms with Crippen LogP contribution >= 0.6 is 0 Å². The number of ether oxygens (including phenoxy) is 1. The summed E-state index contributed by atoms with van der Waals surface area (Å²) in [5.41, 5.74) is 6.42. The molecule has 0 aromatic carbocycles. The zero-order valence-electron chi connectivity index (χ0n) is 13.2. The molecule has 0 aromatic heterocycles. The third-order valence-corrected chi connectivity index (χ3v) is 6.48. The summed E-state index contributed by atoms with van der Waals surface area (Å²) < 4.78 is 5.87. The van der Waals surface area contributed by atoms with E-state index in [1.807, 2.05) is 7.11 Å². The van der Waals surface area contributed by atoms with Crippen molar-refractivity contribution in [2.75, 3.05) is 26.7 Å². The molecule has 1 aliphatic heterocycles. The molecule has 2 N–H and O–H groups in total. The number of likely N-dealkylation sites (tertiary alicyclic amines) is 1. The lowest BCUT2D eigenvalue weighted by molar-refractivity contribution is -0.0982. The van der Waals surface area contributed by atoms with Gasteiger partial charge < -0.3 is 10.5 Å². The zero-order chi connectivity index (χ0) is 14.0. The first-order valence-electron chi connectivity index (χ1n) is 8.78. The summed E-state index contributed by atoms with van der Waals surface area (Å²) in [6, 6.07) is 0. The smallest absolute Gasteiger partial charge is 0.0767 e. The number of hydrogen-bond acceptors (Lipinski definition) is 3. The first kappa shape index (κ1) is 14.8. The molecule has 20 heavy (non-hydrogen) atoms. The maximum absolute atomic E-state index is 6.28. The molecule has 3 nitrogen and oxygen atoms in total. The van der Waals surface area contributed by atoms with Crippen molar-refractivity contribution in [2.45, 2.75) is 69.4 Å². The van der Waals surface area contributed by atoms with Gasteiger partial charge in [-0.3, -0.25) is 4.90 Å². The van der Waals surface area contributed by atoms with Crippen molar-refractivity contribution < 1.29 is 4.74 Å². The van der Waals surface area contributed by atoms with Crippen molar-refractivity contribution in [3.05, 3.63) is 0 Å². The molecule has 3 fully saturated rings. The molecule has 0 bridgehead atoms. The number of piperidine rings is 1. The second kappa shape index (κ2) is 6.33. The summed E-state index contributed by atoms with van der Waals surface area (Å²) in [5, 5.41) is 0. The van der Waals surface area contributed by atoms with E-state index in [-0.39, 0.29) is 5.54 Å². The van der Waals surface area contributed by atoms with E-state index in [1.165, 1.54) is 70.9 Å². The highest BCUT2D eigenvalue weighted by atomic mass is 16.5. The Morgan fingerprint density at radius 2 is 1.80 bits per heavy atom. The second-order valence-corrected chi connectivity index (χ2v) is 7.32. The lowest BCUT2D eigenvalue weighted by Crippen LogP contribution is -2.65. The maximum atomic E-state index is 6.28. The SMILES string of the molecule is COC1CCCCC1(CN)N1CCC2CCCCC2C1. The second-order valence-electron chi connectivity index (χ2n) is 7.32. The van der Waals surface area contributed by atoms with E-state index >= 15 is 0 Å². The topological polar surface area (TPSA) is 38.5 Å². The normalized spacial score (nSPS) is 43.2. The standard InChI is InChI=1S/C17H32N2O/c1-20-16-8-4-5-10-17(16,13-18)19-11-9-14-6-2-3-7-15(14)12-19/h14-16H,2-13,18H2,1H3. The molecule has 0 radical (unpaired) electrons. The highest BCUT2D eigenvalue weighted by molar-refractivity contribution is 5.03. The van der Waals surface area contributed by atoms with Crippen LogP contribution < -0.4 is 5.73 Å². The Labute approximate surface area is 124 Å². The van der Waals surface area contributed by atoms with Crippen LogP contribution in [0.25, 0.3) is 0 Å². The van der Waals surface area contributed by atoms with Crippen molar-refractivity contribution in [3.8, 4) is 0 Å². The summed E-state index contributed by atoms with van der Waals surface area (Å²) >= 11 is 0. The molecular weight excluding hydrogens is 248 g/mol. The van der Waals surface area contributed by atoms with Crippen LogP contribution in [0.1, 0.15) is 57.8 Å². The van der Waals surface area contributed by atoms with Crippen LogP contribution in [0, 0.1) is 11.8 Å². The molecule has 4 atom stereocenters. The number of methoxy groups -OCH3 is 1. The Morgan fingerprint density at radius 3 is 2.55 bits per heavy atom. The number of hydrogen-bond donors (Lipinski definition) is 1. The molecule has 3 heteroatoms. The average molecular weight is 280 g/mol. The molecule has 1 saturated heterocycles. The third-order valence-electron chi connectivity index (χ3n) is 6.48. The van der Waals surface area contributed by atoms with Crippen molar-refractivity contribution >= 4 is 0 Å². The molecule has 2 saturated carbocycles. The predicted molar refractivity (Wildman–Crippen MR) is 82.7 cm³/mol. The highest BCUT2D eigenvalue weighted by Gasteiger charge is 2.47. The van der Waals surface area contributed by atoms with Gasteiger partial charge in [0.15, 0.2) is 0 Å². The van der Waals surface area contributed by atoms with Crippen molar-refractivity contribution in [2.24, 2.45) is 17.6 Å². The Morgan fingerprint density at radius 1 is 1.05 bits per heavy atom. The fourth-order valence-corrected chi connectivity index (χ4v) is 5.26. The van der Waals surface area contributed by atoms with Crippen molar-refractivity contribution in [1.29, 1.82) is 0 Å². The lowest BCUT2D eigenvalue weighted by atomic mass is 9.71. The van der Waals surface area contributed by atoms with Gasteiger partial charge in [-0.2, -0.15) is 0 Å². The van der Waals surface area contributed by atoms with Gasteiger partial charge in [-0.15, -0.1) is 0 Å². The molecule has 1 heterocycles. The largest absolute Gasteiger partial charge is 0.379 e. The molecule has 0 spiro atoms. The van der Waals surface area contributed by atoms with Gasteiger partial charge in [-0.05, 0) is 44.1 Å². The maximum Gasteiger partial charge on any atom is 0.0767 e. The molecular formula is C17H32N2O. The minimum atomic E-state index is 0.134. The number of nitrogens with two attached hydrogens (primary N) is 1. The fourth-order valence-electron chi connectivity index (χ4n) is 5.26. The molecule has 0 aromatic rings. The Hall–Kier alpha value is -0.120. The molecule has 0 amide bonds. The first-order valence-corrected chi connectivity index (χ1v) is 8.78. The minimum absolute atomic E-state index is 0.134. The van der Waals surface area contributed by atoms with E-state index in [2.05, 4.69) is 4.90 Å². The molecule has 4 unspecified atom stereocenters. The van der Waals surface area contributed by atoms with Crippen LogP contribution in [0.15, 0.2) is 0 Å². The highest BCUT2D eigenvalue weighted by Crippen LogP contribution is 2.42. The Balaban J connectivity index is 1.75. The molecule has 3 rings (SSSR count). The fraction of sp³-hybridized carbons (Fsp3) is 1.00. The van der Waals surface area contributed by atoms with E-state index in [9.17, 15) is 0 Å². The monoisotopic (exact) mass is 280 g/mol. The van der Waals surface area contributed by atoms with Crippen LogP contribution in [-0.4, -0.2) is 43.3 Å². The number of nitrogens with zero attached hydrogens (tertiary/aromatic N) is 1. The van der Waals surface area contributed by atoms with E-state index in [4.69, 9.17) is 10.5 Å². The van der Waals surface area contributed by atoms with Crippen molar-refractivity contribution in [3.63, 3.8) is 0 Å². The summed E-state index contributed by atoms with van der Waals surface area (Å²) in [5.74, 6) is 1.93. The first-order chi connectivity index (χ1) is 9.80. The summed E-state index contributed by atoms with van der Waals surface area (Å²) in [4.78, 5) is 2.74. The molecule has 2 aliphatic carbocycles. The van der Waals surface area contributed by atoms with Crippen molar-refractivity contribution in [1.82, 2.24) is 4.90 Å². The van der Waals surface area contributed by atoms with Crippen LogP contribution in [-0.2, 0) is 4.74 Å².